The Morgan fingerprint density at radius 1 is 0.650 bits per heavy atom. The lowest BCUT2D eigenvalue weighted by Crippen LogP contribution is -1.85. The number of halogens is 2. The molecule has 0 aliphatic carbocycles. The summed E-state index contributed by atoms with van der Waals surface area (Å²) in [5.41, 5.74) is 0. The molecule has 0 nitrogen and oxygen atoms in total. The monoisotopic (exact) mass is 324 g/mol. The fraction of sp³-hybridized carbons (Fsp3) is 0. The van der Waals surface area contributed by atoms with Crippen molar-refractivity contribution in [2.75, 3.05) is 0 Å². The molecule has 0 atom stereocenters. The van der Waals surface area contributed by atoms with Crippen molar-refractivity contribution in [3.05, 3.63) is 71.0 Å². The molecule has 4 aromatic rings. The van der Waals surface area contributed by atoms with Crippen LogP contribution in [-0.4, -0.2) is 0 Å². The summed E-state index contributed by atoms with van der Waals surface area (Å²) in [5.74, 6) is -0.176. The molecule has 0 amide bonds. The van der Waals surface area contributed by atoms with Crippen molar-refractivity contribution in [2.24, 2.45) is 0 Å². The highest BCUT2D eigenvalue weighted by Gasteiger charge is 2.10. The van der Waals surface area contributed by atoms with E-state index in [1.807, 2.05) is 24.3 Å². The molecule has 0 fully saturated rings. The van der Waals surface area contributed by atoms with Gasteiger partial charge in [0.25, 0.3) is 0 Å². The summed E-state index contributed by atoms with van der Waals surface area (Å²) in [6.45, 7) is 0. The van der Waals surface area contributed by atoms with Gasteiger partial charge in [0.1, 0.15) is 5.82 Å². The van der Waals surface area contributed by atoms with Crippen LogP contribution in [0.4, 0.5) is 4.39 Å². The smallest absolute Gasteiger partial charge is 0.131 e. The molecule has 0 bridgehead atoms. The first kappa shape index (κ1) is 11.9. The Hall–Kier alpha value is -1.93. The molecular formula is C18H10BrF. The molecule has 4 rings (SSSR count). The van der Waals surface area contributed by atoms with Crippen LogP contribution in [0.2, 0.25) is 0 Å². The van der Waals surface area contributed by atoms with Crippen LogP contribution in [0.5, 0.6) is 0 Å². The molecule has 2 heteroatoms. The lowest BCUT2D eigenvalue weighted by molar-refractivity contribution is 0.640. The van der Waals surface area contributed by atoms with E-state index < -0.39 is 0 Å². The van der Waals surface area contributed by atoms with E-state index in [4.69, 9.17) is 0 Å². The predicted molar refractivity (Wildman–Crippen MR) is 86.6 cm³/mol. The Morgan fingerprint density at radius 2 is 1.40 bits per heavy atom. The zero-order chi connectivity index (χ0) is 13.7. The predicted octanol–water partition coefficient (Wildman–Crippen LogP) is 6.05. The minimum Gasteiger partial charge on any atom is -0.206 e. The van der Waals surface area contributed by atoms with E-state index in [0.29, 0.717) is 5.39 Å². The lowest BCUT2D eigenvalue weighted by Gasteiger charge is -2.10. The van der Waals surface area contributed by atoms with Crippen molar-refractivity contribution >= 4 is 48.2 Å². The normalized spacial score (nSPS) is 11.5. The molecule has 0 heterocycles. The molecule has 96 valence electrons. The third-order valence-corrected chi connectivity index (χ3v) is 4.47. The van der Waals surface area contributed by atoms with Crippen LogP contribution in [0.25, 0.3) is 32.3 Å². The zero-order valence-corrected chi connectivity index (χ0v) is 12.1. The lowest BCUT2D eigenvalue weighted by atomic mass is 9.96. The quantitative estimate of drug-likeness (QED) is 0.345. The number of fused-ring (bicyclic) bond motifs is 5. The summed E-state index contributed by atoms with van der Waals surface area (Å²) in [7, 11) is 0. The molecule has 0 aliphatic heterocycles. The van der Waals surface area contributed by atoms with Crippen LogP contribution < -0.4 is 0 Å². The van der Waals surface area contributed by atoms with Gasteiger partial charge in [-0.15, -0.1) is 0 Å². The zero-order valence-electron chi connectivity index (χ0n) is 10.5. The Labute approximate surface area is 124 Å². The van der Waals surface area contributed by atoms with Crippen LogP contribution >= 0.6 is 15.9 Å². The van der Waals surface area contributed by atoms with E-state index in [9.17, 15) is 4.39 Å². The van der Waals surface area contributed by atoms with E-state index in [-0.39, 0.29) is 5.82 Å². The number of rotatable bonds is 0. The molecule has 0 aromatic heterocycles. The fourth-order valence-corrected chi connectivity index (χ4v) is 3.33. The Morgan fingerprint density at radius 3 is 2.30 bits per heavy atom. The van der Waals surface area contributed by atoms with Gasteiger partial charge in [0.2, 0.25) is 0 Å². The molecule has 0 spiro atoms. The van der Waals surface area contributed by atoms with Crippen molar-refractivity contribution in [1.29, 1.82) is 0 Å². The van der Waals surface area contributed by atoms with Gasteiger partial charge in [-0.05, 0) is 33.7 Å². The summed E-state index contributed by atoms with van der Waals surface area (Å²) in [4.78, 5) is 0. The summed E-state index contributed by atoms with van der Waals surface area (Å²) < 4.78 is 15.3. The Balaban J connectivity index is 2.40. The van der Waals surface area contributed by atoms with Crippen molar-refractivity contribution in [3.63, 3.8) is 0 Å². The second kappa shape index (κ2) is 4.29. The van der Waals surface area contributed by atoms with E-state index >= 15 is 0 Å². The maximum absolute atomic E-state index is 14.4. The highest BCUT2D eigenvalue weighted by atomic mass is 79.9. The topological polar surface area (TPSA) is 0 Å². The highest BCUT2D eigenvalue weighted by Crippen LogP contribution is 2.36. The standard InChI is InChI=1S/C18H10BrF/c19-15-9-10-16(20)18-14(15)8-7-12-6-5-11-3-1-2-4-13(11)17(12)18/h1-10H. The van der Waals surface area contributed by atoms with Gasteiger partial charge in [0, 0.05) is 15.2 Å². The summed E-state index contributed by atoms with van der Waals surface area (Å²) in [6, 6.07) is 19.6. The number of hydrogen-bond donors (Lipinski definition) is 0. The SMILES string of the molecule is Fc1ccc(Br)c2ccc3ccc4ccccc4c3c12. The summed E-state index contributed by atoms with van der Waals surface area (Å²) in [6.07, 6.45) is 0. The first-order valence-corrected chi connectivity index (χ1v) is 7.23. The van der Waals surface area contributed by atoms with Gasteiger partial charge >= 0.3 is 0 Å². The minimum atomic E-state index is -0.176. The van der Waals surface area contributed by atoms with Crippen molar-refractivity contribution in [3.8, 4) is 0 Å². The molecule has 0 aliphatic rings. The van der Waals surface area contributed by atoms with Gasteiger partial charge in [-0.1, -0.05) is 64.5 Å². The molecule has 0 saturated carbocycles. The van der Waals surface area contributed by atoms with Gasteiger partial charge < -0.3 is 0 Å². The van der Waals surface area contributed by atoms with Gasteiger partial charge in [0.05, 0.1) is 0 Å². The maximum atomic E-state index is 14.4. The average molecular weight is 325 g/mol. The summed E-state index contributed by atoms with van der Waals surface area (Å²) >= 11 is 3.51. The molecule has 0 saturated heterocycles. The van der Waals surface area contributed by atoms with Crippen molar-refractivity contribution in [1.82, 2.24) is 0 Å². The third-order valence-electron chi connectivity index (χ3n) is 3.78. The molecule has 0 radical (unpaired) electrons. The highest BCUT2D eigenvalue weighted by molar-refractivity contribution is 9.10. The van der Waals surface area contributed by atoms with Gasteiger partial charge in [0.15, 0.2) is 0 Å². The molecule has 4 aromatic carbocycles. The van der Waals surface area contributed by atoms with Crippen LogP contribution in [0.15, 0.2) is 65.1 Å². The fourth-order valence-electron chi connectivity index (χ4n) is 2.86. The van der Waals surface area contributed by atoms with Crippen LogP contribution in [0, 0.1) is 5.82 Å². The molecular weight excluding hydrogens is 315 g/mol. The van der Waals surface area contributed by atoms with Gasteiger partial charge in [-0.2, -0.15) is 0 Å². The largest absolute Gasteiger partial charge is 0.206 e. The second-order valence-electron chi connectivity index (χ2n) is 4.90. The second-order valence-corrected chi connectivity index (χ2v) is 5.76. The Bertz CT molecular complexity index is 973. The van der Waals surface area contributed by atoms with Crippen molar-refractivity contribution in [2.45, 2.75) is 0 Å². The van der Waals surface area contributed by atoms with Crippen LogP contribution in [0.3, 0.4) is 0 Å². The molecule has 0 unspecified atom stereocenters. The molecule has 0 N–H and O–H groups in total. The van der Waals surface area contributed by atoms with Crippen molar-refractivity contribution < 1.29 is 4.39 Å². The third kappa shape index (κ3) is 1.58. The van der Waals surface area contributed by atoms with E-state index in [1.54, 1.807) is 6.07 Å². The first-order chi connectivity index (χ1) is 9.75. The average Bonchev–Trinajstić information content (AvgIpc) is 2.50. The number of benzene rings is 4. The van der Waals surface area contributed by atoms with E-state index in [0.717, 1.165) is 31.4 Å². The first-order valence-electron chi connectivity index (χ1n) is 6.44. The van der Waals surface area contributed by atoms with Crippen LogP contribution in [-0.2, 0) is 0 Å². The van der Waals surface area contributed by atoms with Gasteiger partial charge in [-0.25, -0.2) is 4.39 Å². The minimum absolute atomic E-state index is 0.176. The summed E-state index contributed by atoms with van der Waals surface area (Å²) in [5, 5.41) is 5.87. The van der Waals surface area contributed by atoms with Gasteiger partial charge in [-0.3, -0.25) is 0 Å². The van der Waals surface area contributed by atoms with E-state index in [2.05, 4.69) is 40.2 Å². The number of hydrogen-bond acceptors (Lipinski definition) is 0. The Kier molecular flexibility index (Phi) is 2.54. The van der Waals surface area contributed by atoms with Crippen LogP contribution in [0.1, 0.15) is 0 Å². The molecule has 20 heavy (non-hydrogen) atoms. The van der Waals surface area contributed by atoms with E-state index in [1.165, 1.54) is 6.07 Å². The maximum Gasteiger partial charge on any atom is 0.131 e.